The number of thiocarbonyl (C=S) groups is 1. The Morgan fingerprint density at radius 1 is 1.17 bits per heavy atom. The number of benzene rings is 1. The molecule has 1 amide bonds. The third-order valence-electron chi connectivity index (χ3n) is 4.91. The molecule has 4 nitrogen and oxygen atoms in total. The Morgan fingerprint density at radius 3 is 2.67 bits per heavy atom. The average molecular weight is 348 g/mol. The zero-order chi connectivity index (χ0) is 17.4. The van der Waals surface area contributed by atoms with Crippen molar-refractivity contribution >= 4 is 28.9 Å². The van der Waals surface area contributed by atoms with Gasteiger partial charge in [0.1, 0.15) is 0 Å². The van der Waals surface area contributed by atoms with Crippen LogP contribution >= 0.6 is 12.2 Å². The first-order valence-electron chi connectivity index (χ1n) is 8.98. The fraction of sp³-hybridized carbons (Fsp3) is 0.579. The molecule has 0 unspecified atom stereocenters. The van der Waals surface area contributed by atoms with Gasteiger partial charge < -0.3 is 5.32 Å². The Labute approximate surface area is 150 Å². The average Bonchev–Trinajstić information content (AvgIpc) is 2.58. The van der Waals surface area contributed by atoms with Crippen molar-refractivity contribution in [2.24, 2.45) is 5.92 Å². The Bertz CT molecular complexity index is 568. The Balaban J connectivity index is 1.63. The first-order chi connectivity index (χ1) is 11.6. The Morgan fingerprint density at radius 2 is 1.92 bits per heavy atom. The molecule has 1 saturated carbocycles. The molecule has 2 rings (SSSR count). The second-order valence-corrected chi connectivity index (χ2v) is 7.18. The van der Waals surface area contributed by atoms with E-state index in [0.717, 1.165) is 23.6 Å². The lowest BCUT2D eigenvalue weighted by atomic mass is 9.86. The second kappa shape index (κ2) is 9.62. The third kappa shape index (κ3) is 6.11. The van der Waals surface area contributed by atoms with Gasteiger partial charge in [-0.2, -0.15) is 0 Å². The summed E-state index contributed by atoms with van der Waals surface area (Å²) >= 11 is 5.24. The lowest BCUT2D eigenvalue weighted by molar-refractivity contribution is -0.121. The largest absolute Gasteiger partial charge is 0.331 e. The van der Waals surface area contributed by atoms with Crippen LogP contribution in [-0.2, 0) is 4.79 Å². The van der Waals surface area contributed by atoms with E-state index in [1.807, 2.05) is 19.1 Å². The van der Waals surface area contributed by atoms with Crippen molar-refractivity contribution in [3.63, 3.8) is 0 Å². The predicted molar refractivity (Wildman–Crippen MR) is 104 cm³/mol. The molecule has 1 aromatic carbocycles. The quantitative estimate of drug-likeness (QED) is 0.547. The maximum Gasteiger partial charge on any atom is 0.238 e. The highest BCUT2D eigenvalue weighted by Gasteiger charge is 2.13. The summed E-state index contributed by atoms with van der Waals surface area (Å²) in [7, 11) is 0. The highest BCUT2D eigenvalue weighted by molar-refractivity contribution is 7.80. The van der Waals surface area contributed by atoms with Gasteiger partial charge in [0.25, 0.3) is 0 Å². The summed E-state index contributed by atoms with van der Waals surface area (Å²) in [6, 6.07) is 6.02. The van der Waals surface area contributed by atoms with Gasteiger partial charge in [-0.3, -0.25) is 15.6 Å². The highest BCUT2D eigenvalue weighted by atomic mass is 32.1. The molecule has 1 fully saturated rings. The number of hydrogen-bond acceptors (Lipinski definition) is 2. The number of nitrogens with one attached hydrogen (secondary N) is 3. The van der Waals surface area contributed by atoms with Crippen LogP contribution in [0.15, 0.2) is 18.2 Å². The minimum absolute atomic E-state index is 0.00377. The Kier molecular flexibility index (Phi) is 7.50. The van der Waals surface area contributed by atoms with Crippen LogP contribution in [0.1, 0.15) is 62.5 Å². The van der Waals surface area contributed by atoms with E-state index in [4.69, 9.17) is 12.2 Å². The van der Waals surface area contributed by atoms with Crippen LogP contribution in [0.3, 0.4) is 0 Å². The van der Waals surface area contributed by atoms with Gasteiger partial charge in [-0.15, -0.1) is 0 Å². The minimum Gasteiger partial charge on any atom is -0.331 e. The molecule has 0 aliphatic heterocycles. The summed E-state index contributed by atoms with van der Waals surface area (Å²) in [5.74, 6) is 0.822. The van der Waals surface area contributed by atoms with Crippen LogP contribution in [0.25, 0.3) is 0 Å². The molecule has 0 radical (unpaired) electrons. The number of aryl methyl sites for hydroxylation is 1. The van der Waals surface area contributed by atoms with Gasteiger partial charge in [-0.25, -0.2) is 0 Å². The van der Waals surface area contributed by atoms with Gasteiger partial charge in [0.15, 0.2) is 5.11 Å². The van der Waals surface area contributed by atoms with Crippen molar-refractivity contribution in [1.29, 1.82) is 0 Å². The van der Waals surface area contributed by atoms with Crippen LogP contribution in [0.2, 0.25) is 0 Å². The fourth-order valence-corrected chi connectivity index (χ4v) is 3.42. The van der Waals surface area contributed by atoms with Crippen LogP contribution in [0, 0.1) is 19.8 Å². The Hall–Kier alpha value is -1.62. The van der Waals surface area contributed by atoms with Crippen molar-refractivity contribution < 1.29 is 4.79 Å². The van der Waals surface area contributed by atoms with E-state index in [1.54, 1.807) is 0 Å². The van der Waals surface area contributed by atoms with Crippen molar-refractivity contribution in [2.75, 3.05) is 5.32 Å². The molecule has 0 saturated heterocycles. The monoisotopic (exact) mass is 347 g/mol. The number of carbonyl (C=O) groups is 1. The highest BCUT2D eigenvalue weighted by Crippen LogP contribution is 2.27. The van der Waals surface area contributed by atoms with E-state index in [-0.39, 0.29) is 5.91 Å². The van der Waals surface area contributed by atoms with Crippen LogP contribution < -0.4 is 16.2 Å². The summed E-state index contributed by atoms with van der Waals surface area (Å²) in [5, 5.41) is 3.53. The van der Waals surface area contributed by atoms with E-state index >= 15 is 0 Å². The number of rotatable bonds is 5. The third-order valence-corrected chi connectivity index (χ3v) is 5.11. The summed E-state index contributed by atoms with van der Waals surface area (Å²) in [5.41, 5.74) is 8.78. The number of hydrazine groups is 1. The van der Waals surface area contributed by atoms with E-state index in [0.29, 0.717) is 11.5 Å². The lowest BCUT2D eigenvalue weighted by Crippen LogP contribution is -2.43. The normalized spacial score (nSPS) is 14.9. The number of carbonyl (C=O) groups excluding carboxylic acids is 1. The van der Waals surface area contributed by atoms with Crippen LogP contribution in [-0.4, -0.2) is 11.0 Å². The van der Waals surface area contributed by atoms with Gasteiger partial charge in [0, 0.05) is 12.1 Å². The maximum atomic E-state index is 11.9. The van der Waals surface area contributed by atoms with E-state index in [1.165, 1.54) is 44.1 Å². The summed E-state index contributed by atoms with van der Waals surface area (Å²) in [4.78, 5) is 11.9. The molecule has 0 spiro atoms. The molecule has 132 valence electrons. The molecule has 0 atom stereocenters. The SMILES string of the molecule is Cc1cccc(NC(=S)NNC(=O)CCCC2CCCCC2)c1C. The zero-order valence-corrected chi connectivity index (χ0v) is 15.6. The van der Waals surface area contributed by atoms with Gasteiger partial charge in [-0.05, 0) is 62.0 Å². The lowest BCUT2D eigenvalue weighted by Gasteiger charge is -2.21. The molecule has 5 heteroatoms. The zero-order valence-electron chi connectivity index (χ0n) is 14.8. The summed E-state index contributed by atoms with van der Waals surface area (Å²) < 4.78 is 0. The van der Waals surface area contributed by atoms with Crippen LogP contribution in [0.4, 0.5) is 5.69 Å². The number of hydrogen-bond donors (Lipinski definition) is 3. The molecule has 0 bridgehead atoms. The predicted octanol–water partition coefficient (Wildman–Crippen LogP) is 4.37. The second-order valence-electron chi connectivity index (χ2n) is 6.77. The molecular weight excluding hydrogens is 318 g/mol. The van der Waals surface area contributed by atoms with Crippen molar-refractivity contribution in [3.8, 4) is 0 Å². The topological polar surface area (TPSA) is 53.2 Å². The van der Waals surface area contributed by atoms with Crippen molar-refractivity contribution in [3.05, 3.63) is 29.3 Å². The van der Waals surface area contributed by atoms with E-state index < -0.39 is 0 Å². The minimum atomic E-state index is -0.00377. The molecule has 24 heavy (non-hydrogen) atoms. The molecular formula is C19H29N3OS. The van der Waals surface area contributed by atoms with Gasteiger partial charge in [0.2, 0.25) is 5.91 Å². The molecule has 0 heterocycles. The van der Waals surface area contributed by atoms with Crippen molar-refractivity contribution in [2.45, 2.75) is 65.2 Å². The summed E-state index contributed by atoms with van der Waals surface area (Å²) in [6.45, 7) is 4.11. The molecule has 1 aromatic rings. The molecule has 1 aliphatic carbocycles. The van der Waals surface area contributed by atoms with Gasteiger partial charge >= 0.3 is 0 Å². The maximum absolute atomic E-state index is 11.9. The molecule has 0 aromatic heterocycles. The number of amides is 1. The van der Waals surface area contributed by atoms with E-state index in [2.05, 4.69) is 29.2 Å². The van der Waals surface area contributed by atoms with Gasteiger partial charge in [-0.1, -0.05) is 44.2 Å². The first-order valence-corrected chi connectivity index (χ1v) is 9.39. The molecule has 3 N–H and O–H groups in total. The number of anilines is 1. The standard InChI is InChI=1S/C19H29N3OS/c1-14-8-6-12-17(15(14)2)20-19(24)22-21-18(23)13-7-11-16-9-4-3-5-10-16/h6,8,12,16H,3-5,7,9-11,13H2,1-2H3,(H,21,23)(H2,20,22,24). The van der Waals surface area contributed by atoms with E-state index in [9.17, 15) is 4.79 Å². The van der Waals surface area contributed by atoms with Gasteiger partial charge in [0.05, 0.1) is 0 Å². The van der Waals surface area contributed by atoms with Crippen molar-refractivity contribution in [1.82, 2.24) is 10.9 Å². The first kappa shape index (κ1) is 18.7. The summed E-state index contributed by atoms with van der Waals surface area (Å²) in [6.07, 6.45) is 9.44. The smallest absolute Gasteiger partial charge is 0.238 e. The molecule has 1 aliphatic rings. The van der Waals surface area contributed by atoms with Crippen LogP contribution in [0.5, 0.6) is 0 Å². The fourth-order valence-electron chi connectivity index (χ4n) is 3.26.